The molecule has 3 N–H and O–H groups in total. The summed E-state index contributed by atoms with van der Waals surface area (Å²) in [6, 6.07) is 12.7. The van der Waals surface area contributed by atoms with Gasteiger partial charge in [-0.05, 0) is 74.2 Å². The van der Waals surface area contributed by atoms with Gasteiger partial charge in [-0.15, -0.1) is 0 Å². The number of ether oxygens (including phenoxy) is 1. The number of rotatable bonds is 9. The number of nitrogens with one attached hydrogen (secondary N) is 2. The number of carbonyl (C=O) groups excluding carboxylic acids is 2. The summed E-state index contributed by atoms with van der Waals surface area (Å²) in [6.07, 6.45) is 4.40. The maximum absolute atomic E-state index is 15.6. The van der Waals surface area contributed by atoms with Gasteiger partial charge in [-0.3, -0.25) is 4.79 Å². The number of piperidine rings is 2. The van der Waals surface area contributed by atoms with E-state index in [-0.39, 0.29) is 23.6 Å². The second kappa shape index (κ2) is 13.4. The normalized spacial score (nSPS) is 21.2. The number of halogens is 1. The molecule has 0 radical (unpaired) electrons. The third-order valence-electron chi connectivity index (χ3n) is 8.35. The fourth-order valence-corrected chi connectivity index (χ4v) is 6.19. The van der Waals surface area contributed by atoms with Crippen molar-refractivity contribution in [2.45, 2.75) is 57.5 Å². The van der Waals surface area contributed by atoms with Gasteiger partial charge in [0.2, 0.25) is 5.91 Å². The predicted molar refractivity (Wildman–Crippen MR) is 150 cm³/mol. The Labute approximate surface area is 231 Å². The molecule has 0 unspecified atom stereocenters. The molecule has 39 heavy (non-hydrogen) atoms. The van der Waals surface area contributed by atoms with Crippen molar-refractivity contribution in [3.63, 3.8) is 0 Å². The van der Waals surface area contributed by atoms with Crippen LogP contribution in [0.15, 0.2) is 42.5 Å². The predicted octanol–water partition coefficient (Wildman–Crippen LogP) is 4.62. The molecule has 2 fully saturated rings. The fourth-order valence-electron chi connectivity index (χ4n) is 6.19. The highest BCUT2D eigenvalue weighted by Crippen LogP contribution is 2.44. The van der Waals surface area contributed by atoms with Crippen LogP contribution in [0, 0.1) is 17.7 Å². The standard InChI is InChI=1S/C31H42FN3O4/c1-3-22-9-4-10-23(19-22)28-26(13-5-14-27(28)32)31(38,15-8-17-34-30(37)39-2)25-12-7-18-35(21-25)29(36)24-11-6-16-33-20-24/h4-5,9-10,13-14,19,24-25,33,38H,3,6-8,11-12,15-18,20-21H2,1-2H3,(H,34,37)/t24-,25-,31+/m1/s1. The molecule has 212 valence electrons. The maximum atomic E-state index is 15.6. The third kappa shape index (κ3) is 6.79. The van der Waals surface area contributed by atoms with Gasteiger partial charge in [0.1, 0.15) is 5.82 Å². The number of likely N-dealkylation sites (tertiary alicyclic amines) is 1. The van der Waals surface area contributed by atoms with Gasteiger partial charge >= 0.3 is 6.09 Å². The van der Waals surface area contributed by atoms with Crippen LogP contribution >= 0.6 is 0 Å². The number of methoxy groups -OCH3 is 1. The van der Waals surface area contributed by atoms with Crippen LogP contribution < -0.4 is 10.6 Å². The highest BCUT2D eigenvalue weighted by molar-refractivity contribution is 5.79. The van der Waals surface area contributed by atoms with Crippen molar-refractivity contribution < 1.29 is 23.8 Å². The van der Waals surface area contributed by atoms with Crippen LogP contribution in [0.2, 0.25) is 0 Å². The first-order chi connectivity index (χ1) is 18.9. The van der Waals surface area contributed by atoms with Crippen LogP contribution in [0.1, 0.15) is 56.6 Å². The minimum atomic E-state index is -1.40. The lowest BCUT2D eigenvalue weighted by Crippen LogP contribution is -2.51. The number of benzene rings is 2. The molecule has 0 saturated carbocycles. The molecule has 2 amide bonds. The van der Waals surface area contributed by atoms with Gasteiger partial charge in [-0.1, -0.05) is 43.3 Å². The number of aliphatic hydroxyl groups is 1. The summed E-state index contributed by atoms with van der Waals surface area (Å²) in [6.45, 7) is 5.08. The number of hydrogen-bond acceptors (Lipinski definition) is 5. The van der Waals surface area contributed by atoms with Gasteiger partial charge in [0.15, 0.2) is 0 Å². The first-order valence-electron chi connectivity index (χ1n) is 14.3. The van der Waals surface area contributed by atoms with E-state index in [0.29, 0.717) is 50.1 Å². The molecule has 7 nitrogen and oxygen atoms in total. The highest BCUT2D eigenvalue weighted by Gasteiger charge is 2.43. The highest BCUT2D eigenvalue weighted by atomic mass is 19.1. The number of amides is 2. The summed E-state index contributed by atoms with van der Waals surface area (Å²) >= 11 is 0. The summed E-state index contributed by atoms with van der Waals surface area (Å²) < 4.78 is 20.3. The molecule has 2 aliphatic rings. The van der Waals surface area contributed by atoms with Gasteiger partial charge in [0, 0.05) is 37.7 Å². The zero-order chi connectivity index (χ0) is 27.8. The van der Waals surface area contributed by atoms with Crippen molar-refractivity contribution in [1.82, 2.24) is 15.5 Å². The summed E-state index contributed by atoms with van der Waals surface area (Å²) in [5, 5.41) is 18.6. The zero-order valence-corrected chi connectivity index (χ0v) is 23.2. The Morgan fingerprint density at radius 3 is 2.77 bits per heavy atom. The largest absolute Gasteiger partial charge is 0.453 e. The number of aryl methyl sites for hydroxylation is 1. The Balaban J connectivity index is 1.68. The van der Waals surface area contributed by atoms with E-state index in [1.807, 2.05) is 35.2 Å². The Kier molecular flexibility index (Phi) is 9.97. The van der Waals surface area contributed by atoms with Crippen LogP contribution in [-0.2, 0) is 21.6 Å². The topological polar surface area (TPSA) is 90.9 Å². The molecule has 2 heterocycles. The molecule has 2 aromatic carbocycles. The molecule has 2 aromatic rings. The van der Waals surface area contributed by atoms with E-state index in [0.717, 1.165) is 49.8 Å². The van der Waals surface area contributed by atoms with Gasteiger partial charge in [0.25, 0.3) is 0 Å². The number of alkyl carbamates (subject to hydrolysis) is 1. The quantitative estimate of drug-likeness (QED) is 0.405. The SMILES string of the molecule is CCc1cccc(-c2c(F)cccc2[C@](O)(CCCNC(=O)OC)[C@@H]2CCCN(C(=O)[C@@H]3CCCNC3)C2)c1. The minimum Gasteiger partial charge on any atom is -0.453 e. The second-order valence-corrected chi connectivity index (χ2v) is 10.8. The van der Waals surface area contributed by atoms with E-state index < -0.39 is 11.7 Å². The van der Waals surface area contributed by atoms with E-state index in [9.17, 15) is 14.7 Å². The Bertz CT molecular complexity index is 1140. The molecule has 8 heteroatoms. The number of hydrogen-bond donors (Lipinski definition) is 3. The van der Waals surface area contributed by atoms with E-state index in [1.165, 1.54) is 13.2 Å². The number of nitrogens with zero attached hydrogens (tertiary/aromatic N) is 1. The first-order valence-corrected chi connectivity index (χ1v) is 14.3. The Morgan fingerprint density at radius 1 is 1.21 bits per heavy atom. The van der Waals surface area contributed by atoms with Crippen molar-refractivity contribution >= 4 is 12.0 Å². The van der Waals surface area contributed by atoms with Crippen LogP contribution in [-0.4, -0.2) is 61.8 Å². The molecule has 0 bridgehead atoms. The maximum Gasteiger partial charge on any atom is 0.406 e. The summed E-state index contributed by atoms with van der Waals surface area (Å²) in [4.78, 5) is 27.0. The lowest BCUT2D eigenvalue weighted by atomic mass is 9.72. The molecule has 0 spiro atoms. The smallest absolute Gasteiger partial charge is 0.406 e. The van der Waals surface area contributed by atoms with Gasteiger partial charge < -0.3 is 25.4 Å². The minimum absolute atomic E-state index is 0.0450. The van der Waals surface area contributed by atoms with Crippen LogP contribution in [0.5, 0.6) is 0 Å². The van der Waals surface area contributed by atoms with Gasteiger partial charge in [-0.2, -0.15) is 0 Å². The second-order valence-electron chi connectivity index (χ2n) is 10.8. The Morgan fingerprint density at radius 2 is 2.03 bits per heavy atom. The molecule has 0 aliphatic carbocycles. The van der Waals surface area contributed by atoms with E-state index in [4.69, 9.17) is 0 Å². The summed E-state index contributed by atoms with van der Waals surface area (Å²) in [5.74, 6) is -0.572. The Hall–Kier alpha value is -2.97. The first kappa shape index (κ1) is 29.0. The summed E-state index contributed by atoms with van der Waals surface area (Å²) in [5.41, 5.74) is 1.35. The number of carbonyl (C=O) groups is 2. The van der Waals surface area contributed by atoms with Gasteiger partial charge in [-0.25, -0.2) is 9.18 Å². The van der Waals surface area contributed by atoms with E-state index >= 15 is 4.39 Å². The van der Waals surface area contributed by atoms with Crippen molar-refractivity contribution in [3.8, 4) is 11.1 Å². The fraction of sp³-hybridized carbons (Fsp3) is 0.548. The molecule has 2 saturated heterocycles. The molecular weight excluding hydrogens is 497 g/mol. The molecule has 4 rings (SSSR count). The van der Waals surface area contributed by atoms with Crippen LogP contribution in [0.3, 0.4) is 0 Å². The molecule has 3 atom stereocenters. The van der Waals surface area contributed by atoms with Gasteiger partial charge in [0.05, 0.1) is 18.6 Å². The average Bonchev–Trinajstić information content (AvgIpc) is 2.99. The van der Waals surface area contributed by atoms with Crippen LogP contribution in [0.4, 0.5) is 9.18 Å². The lowest BCUT2D eigenvalue weighted by molar-refractivity contribution is -0.141. The average molecular weight is 540 g/mol. The summed E-state index contributed by atoms with van der Waals surface area (Å²) in [7, 11) is 1.31. The van der Waals surface area contributed by atoms with Crippen molar-refractivity contribution in [2.75, 3.05) is 39.8 Å². The lowest BCUT2D eigenvalue weighted by Gasteiger charge is -2.44. The molecular formula is C31H42FN3O4. The van der Waals surface area contributed by atoms with E-state index in [2.05, 4.69) is 22.3 Å². The van der Waals surface area contributed by atoms with Crippen molar-refractivity contribution in [3.05, 3.63) is 59.4 Å². The van der Waals surface area contributed by atoms with E-state index in [1.54, 1.807) is 6.07 Å². The monoisotopic (exact) mass is 539 g/mol. The zero-order valence-electron chi connectivity index (χ0n) is 23.2. The van der Waals surface area contributed by atoms with Crippen LogP contribution in [0.25, 0.3) is 11.1 Å². The third-order valence-corrected chi connectivity index (χ3v) is 8.35. The van der Waals surface area contributed by atoms with Crippen molar-refractivity contribution in [1.29, 1.82) is 0 Å². The molecule has 2 aliphatic heterocycles. The van der Waals surface area contributed by atoms with Crippen molar-refractivity contribution in [2.24, 2.45) is 11.8 Å². The molecule has 0 aromatic heterocycles.